The standard InChI is InChI=1S/C14H12ClN3/c15-12-5-6-18-9-13(17-14(18)7-12)11-3-1-10(8-16)2-4-11/h1-7,9H,8,16H2. The molecule has 0 unspecified atom stereocenters. The average Bonchev–Trinajstić information content (AvgIpc) is 2.81. The molecule has 18 heavy (non-hydrogen) atoms. The second kappa shape index (κ2) is 4.44. The smallest absolute Gasteiger partial charge is 0.138 e. The number of imidazole rings is 1. The van der Waals surface area contributed by atoms with Crippen molar-refractivity contribution in [2.24, 2.45) is 5.73 Å². The zero-order valence-electron chi connectivity index (χ0n) is 9.68. The van der Waals surface area contributed by atoms with Crippen LogP contribution in [0.1, 0.15) is 5.56 Å². The number of hydrogen-bond acceptors (Lipinski definition) is 2. The SMILES string of the molecule is NCc1ccc(-c2cn3ccc(Cl)cc3n2)cc1. The third-order valence-corrected chi connectivity index (χ3v) is 3.14. The van der Waals surface area contributed by atoms with Crippen LogP contribution in [0.2, 0.25) is 5.02 Å². The number of hydrogen-bond donors (Lipinski definition) is 1. The van der Waals surface area contributed by atoms with Crippen LogP contribution in [0.4, 0.5) is 0 Å². The molecule has 0 aliphatic carbocycles. The van der Waals surface area contributed by atoms with E-state index in [2.05, 4.69) is 4.98 Å². The molecular formula is C14H12ClN3. The van der Waals surface area contributed by atoms with Gasteiger partial charge in [0.25, 0.3) is 0 Å². The summed E-state index contributed by atoms with van der Waals surface area (Å²) in [6.45, 7) is 0.557. The summed E-state index contributed by atoms with van der Waals surface area (Å²) in [7, 11) is 0. The Labute approximate surface area is 110 Å². The lowest BCUT2D eigenvalue weighted by Gasteiger charge is -1.98. The topological polar surface area (TPSA) is 43.3 Å². The molecule has 90 valence electrons. The van der Waals surface area contributed by atoms with Gasteiger partial charge in [-0.25, -0.2) is 4.98 Å². The summed E-state index contributed by atoms with van der Waals surface area (Å²) >= 11 is 5.95. The second-order valence-corrected chi connectivity index (χ2v) is 4.57. The third-order valence-electron chi connectivity index (χ3n) is 2.91. The van der Waals surface area contributed by atoms with Gasteiger partial charge in [-0.2, -0.15) is 0 Å². The Morgan fingerprint density at radius 1 is 1.17 bits per heavy atom. The van der Waals surface area contributed by atoms with Crippen LogP contribution in [-0.2, 0) is 6.54 Å². The minimum absolute atomic E-state index is 0.557. The summed E-state index contributed by atoms with van der Waals surface area (Å²) in [5.74, 6) is 0. The predicted octanol–water partition coefficient (Wildman–Crippen LogP) is 3.11. The molecule has 0 aliphatic rings. The number of halogens is 1. The van der Waals surface area contributed by atoms with Gasteiger partial charge in [0, 0.05) is 35.6 Å². The zero-order valence-corrected chi connectivity index (χ0v) is 10.4. The fourth-order valence-corrected chi connectivity index (χ4v) is 2.06. The summed E-state index contributed by atoms with van der Waals surface area (Å²) in [5.41, 5.74) is 9.55. The number of nitrogens with two attached hydrogens (primary N) is 1. The van der Waals surface area contributed by atoms with Gasteiger partial charge in [0.2, 0.25) is 0 Å². The molecule has 3 nitrogen and oxygen atoms in total. The molecule has 2 aromatic heterocycles. The number of fused-ring (bicyclic) bond motifs is 1. The molecule has 0 spiro atoms. The zero-order chi connectivity index (χ0) is 12.5. The minimum atomic E-state index is 0.557. The maximum atomic E-state index is 5.95. The minimum Gasteiger partial charge on any atom is -0.326 e. The molecule has 0 amide bonds. The molecule has 0 saturated heterocycles. The van der Waals surface area contributed by atoms with Gasteiger partial charge in [-0.3, -0.25) is 0 Å². The highest BCUT2D eigenvalue weighted by atomic mass is 35.5. The summed E-state index contributed by atoms with van der Waals surface area (Å²) in [6, 6.07) is 11.8. The van der Waals surface area contributed by atoms with Crippen LogP contribution in [0.5, 0.6) is 0 Å². The highest BCUT2D eigenvalue weighted by Crippen LogP contribution is 2.21. The number of nitrogens with zero attached hydrogens (tertiary/aromatic N) is 2. The second-order valence-electron chi connectivity index (χ2n) is 4.14. The highest BCUT2D eigenvalue weighted by Gasteiger charge is 2.04. The summed E-state index contributed by atoms with van der Waals surface area (Å²) in [4.78, 5) is 4.55. The van der Waals surface area contributed by atoms with E-state index in [-0.39, 0.29) is 0 Å². The van der Waals surface area contributed by atoms with Gasteiger partial charge in [0.1, 0.15) is 5.65 Å². The molecule has 4 heteroatoms. The molecule has 3 aromatic rings. The van der Waals surface area contributed by atoms with Crippen molar-refractivity contribution >= 4 is 17.2 Å². The molecule has 0 fully saturated rings. The Bertz CT molecular complexity index is 686. The lowest BCUT2D eigenvalue weighted by Crippen LogP contribution is -1.95. The molecule has 0 saturated carbocycles. The highest BCUT2D eigenvalue weighted by molar-refractivity contribution is 6.30. The van der Waals surface area contributed by atoms with E-state index in [1.54, 1.807) is 0 Å². The molecule has 0 bridgehead atoms. The van der Waals surface area contributed by atoms with E-state index in [1.807, 2.05) is 53.2 Å². The van der Waals surface area contributed by atoms with E-state index in [9.17, 15) is 0 Å². The van der Waals surface area contributed by atoms with E-state index in [1.165, 1.54) is 0 Å². The van der Waals surface area contributed by atoms with Crippen LogP contribution in [0.3, 0.4) is 0 Å². The summed E-state index contributed by atoms with van der Waals surface area (Å²) in [5, 5.41) is 0.693. The molecule has 2 heterocycles. The van der Waals surface area contributed by atoms with Gasteiger partial charge in [-0.15, -0.1) is 0 Å². The number of aromatic nitrogens is 2. The normalized spacial score (nSPS) is 11.0. The predicted molar refractivity (Wildman–Crippen MR) is 73.5 cm³/mol. The van der Waals surface area contributed by atoms with Gasteiger partial charge < -0.3 is 10.1 Å². The Kier molecular flexibility index (Phi) is 2.78. The lowest BCUT2D eigenvalue weighted by atomic mass is 10.1. The van der Waals surface area contributed by atoms with Crippen molar-refractivity contribution in [3.63, 3.8) is 0 Å². The van der Waals surface area contributed by atoms with Crippen LogP contribution in [0.25, 0.3) is 16.9 Å². The first-order chi connectivity index (χ1) is 8.76. The fourth-order valence-electron chi connectivity index (χ4n) is 1.91. The maximum absolute atomic E-state index is 5.95. The Morgan fingerprint density at radius 3 is 2.67 bits per heavy atom. The summed E-state index contributed by atoms with van der Waals surface area (Å²) < 4.78 is 1.96. The van der Waals surface area contributed by atoms with Crippen molar-refractivity contribution in [3.05, 3.63) is 59.4 Å². The summed E-state index contributed by atoms with van der Waals surface area (Å²) in [6.07, 6.45) is 3.89. The fraction of sp³-hybridized carbons (Fsp3) is 0.0714. The number of benzene rings is 1. The van der Waals surface area contributed by atoms with Crippen molar-refractivity contribution in [1.29, 1.82) is 0 Å². The van der Waals surface area contributed by atoms with Gasteiger partial charge in [0.15, 0.2) is 0 Å². The van der Waals surface area contributed by atoms with Crippen molar-refractivity contribution in [3.8, 4) is 11.3 Å². The van der Waals surface area contributed by atoms with Gasteiger partial charge >= 0.3 is 0 Å². The monoisotopic (exact) mass is 257 g/mol. The molecule has 3 rings (SSSR count). The van der Waals surface area contributed by atoms with Crippen molar-refractivity contribution in [2.45, 2.75) is 6.54 Å². The van der Waals surface area contributed by atoms with Crippen molar-refractivity contribution in [1.82, 2.24) is 9.38 Å². The van der Waals surface area contributed by atoms with Crippen molar-refractivity contribution < 1.29 is 0 Å². The largest absolute Gasteiger partial charge is 0.326 e. The first-order valence-corrected chi connectivity index (χ1v) is 6.08. The van der Waals surface area contributed by atoms with Gasteiger partial charge in [0.05, 0.1) is 5.69 Å². The maximum Gasteiger partial charge on any atom is 0.138 e. The Morgan fingerprint density at radius 2 is 1.94 bits per heavy atom. The molecule has 0 radical (unpaired) electrons. The van der Waals surface area contributed by atoms with Crippen molar-refractivity contribution in [2.75, 3.05) is 0 Å². The van der Waals surface area contributed by atoms with E-state index < -0.39 is 0 Å². The van der Waals surface area contributed by atoms with E-state index in [0.29, 0.717) is 11.6 Å². The molecule has 2 N–H and O–H groups in total. The van der Waals surface area contributed by atoms with Crippen LogP contribution < -0.4 is 5.73 Å². The molecule has 0 aliphatic heterocycles. The third kappa shape index (κ3) is 1.98. The number of rotatable bonds is 2. The van der Waals surface area contributed by atoms with Gasteiger partial charge in [-0.05, 0) is 11.6 Å². The van der Waals surface area contributed by atoms with E-state index in [4.69, 9.17) is 17.3 Å². The first kappa shape index (κ1) is 11.3. The lowest BCUT2D eigenvalue weighted by molar-refractivity contribution is 1.07. The molecule has 1 aromatic carbocycles. The quantitative estimate of drug-likeness (QED) is 0.767. The van der Waals surface area contributed by atoms with Crippen LogP contribution >= 0.6 is 11.6 Å². The van der Waals surface area contributed by atoms with Gasteiger partial charge in [-0.1, -0.05) is 35.9 Å². The van der Waals surface area contributed by atoms with E-state index >= 15 is 0 Å². The molecule has 0 atom stereocenters. The van der Waals surface area contributed by atoms with E-state index in [0.717, 1.165) is 22.5 Å². The first-order valence-electron chi connectivity index (χ1n) is 5.70. The van der Waals surface area contributed by atoms with Crippen LogP contribution in [-0.4, -0.2) is 9.38 Å². The average molecular weight is 258 g/mol. The number of pyridine rings is 1. The Balaban J connectivity index is 2.07. The Hall–Kier alpha value is -1.84. The van der Waals surface area contributed by atoms with Crippen LogP contribution in [0.15, 0.2) is 48.8 Å². The molecular weight excluding hydrogens is 246 g/mol. The van der Waals surface area contributed by atoms with Crippen LogP contribution in [0, 0.1) is 0 Å².